The van der Waals surface area contributed by atoms with Crippen molar-refractivity contribution in [1.29, 1.82) is 0 Å². The highest BCUT2D eigenvalue weighted by molar-refractivity contribution is 8.67. The van der Waals surface area contributed by atoms with Crippen molar-refractivity contribution in [3.63, 3.8) is 0 Å². The average Bonchev–Trinajstić information content (AvgIpc) is 2.50. The normalized spacial score (nSPS) is 29.8. The maximum atomic E-state index is 4.25. The molecule has 0 atom stereocenters. The SMILES string of the molecule is SSN1CCC2(CCNCC2)C1. The summed E-state index contributed by atoms with van der Waals surface area (Å²) in [7, 11) is 1.61. The van der Waals surface area contributed by atoms with Crippen LogP contribution in [0.25, 0.3) is 0 Å². The Kier molecular flexibility index (Phi) is 2.89. The van der Waals surface area contributed by atoms with Gasteiger partial charge in [0.1, 0.15) is 0 Å². The van der Waals surface area contributed by atoms with Crippen molar-refractivity contribution in [3.8, 4) is 0 Å². The van der Waals surface area contributed by atoms with Crippen LogP contribution in [0.3, 0.4) is 0 Å². The molecule has 2 nitrogen and oxygen atoms in total. The molecule has 4 heteroatoms. The molecule has 2 aliphatic rings. The van der Waals surface area contributed by atoms with Crippen molar-refractivity contribution >= 4 is 22.6 Å². The molecule has 2 aliphatic heterocycles. The first kappa shape index (κ1) is 9.19. The number of piperidine rings is 1. The van der Waals surface area contributed by atoms with Gasteiger partial charge in [0.2, 0.25) is 0 Å². The van der Waals surface area contributed by atoms with Crippen molar-refractivity contribution in [3.05, 3.63) is 0 Å². The lowest BCUT2D eigenvalue weighted by atomic mass is 9.78. The Balaban J connectivity index is 1.94. The number of thiol groups is 1. The minimum absolute atomic E-state index is 0.640. The Morgan fingerprint density at radius 1 is 1.25 bits per heavy atom. The standard InChI is InChI=1S/C8H16N2S2/c11-12-10-6-3-8(7-10)1-4-9-5-2-8/h9,11H,1-7H2. The van der Waals surface area contributed by atoms with E-state index in [2.05, 4.69) is 21.3 Å². The fourth-order valence-electron chi connectivity index (χ4n) is 2.33. The van der Waals surface area contributed by atoms with Gasteiger partial charge in [0.05, 0.1) is 0 Å². The highest BCUT2D eigenvalue weighted by Crippen LogP contribution is 2.41. The zero-order valence-electron chi connectivity index (χ0n) is 7.25. The van der Waals surface area contributed by atoms with Gasteiger partial charge in [0.25, 0.3) is 0 Å². The molecule has 0 radical (unpaired) electrons. The van der Waals surface area contributed by atoms with Gasteiger partial charge in [-0.15, -0.1) is 0 Å². The summed E-state index contributed by atoms with van der Waals surface area (Å²) < 4.78 is 2.38. The van der Waals surface area contributed by atoms with Gasteiger partial charge >= 0.3 is 0 Å². The number of hydrogen-bond acceptors (Lipinski definition) is 4. The molecule has 0 saturated carbocycles. The molecule has 1 spiro atoms. The molecular formula is C8H16N2S2. The largest absolute Gasteiger partial charge is 0.317 e. The second kappa shape index (κ2) is 3.78. The third kappa shape index (κ3) is 1.76. The summed E-state index contributed by atoms with van der Waals surface area (Å²) >= 11 is 4.25. The van der Waals surface area contributed by atoms with Crippen LogP contribution in [-0.4, -0.2) is 30.5 Å². The molecule has 0 unspecified atom stereocenters. The van der Waals surface area contributed by atoms with E-state index in [4.69, 9.17) is 0 Å². The summed E-state index contributed by atoms with van der Waals surface area (Å²) in [6.45, 7) is 4.91. The van der Waals surface area contributed by atoms with E-state index in [9.17, 15) is 0 Å². The van der Waals surface area contributed by atoms with Crippen molar-refractivity contribution < 1.29 is 0 Å². The summed E-state index contributed by atoms with van der Waals surface area (Å²) in [5, 5.41) is 3.42. The Hall–Kier alpha value is 0.620. The Labute approximate surface area is 83.4 Å². The second-order valence-corrected chi connectivity index (χ2v) is 5.11. The summed E-state index contributed by atoms with van der Waals surface area (Å²) in [6.07, 6.45) is 4.10. The van der Waals surface area contributed by atoms with Gasteiger partial charge in [-0.25, -0.2) is 4.31 Å². The van der Waals surface area contributed by atoms with Gasteiger partial charge in [0, 0.05) is 13.1 Å². The monoisotopic (exact) mass is 204 g/mol. The van der Waals surface area contributed by atoms with Gasteiger partial charge < -0.3 is 5.32 Å². The first-order valence-corrected chi connectivity index (χ1v) is 6.44. The quantitative estimate of drug-likeness (QED) is 0.383. The van der Waals surface area contributed by atoms with E-state index in [-0.39, 0.29) is 0 Å². The summed E-state index contributed by atoms with van der Waals surface area (Å²) in [6, 6.07) is 0. The first-order chi connectivity index (χ1) is 5.85. The van der Waals surface area contributed by atoms with E-state index >= 15 is 0 Å². The molecule has 70 valence electrons. The van der Waals surface area contributed by atoms with Crippen LogP contribution in [-0.2, 0) is 0 Å². The fourth-order valence-corrected chi connectivity index (χ4v) is 3.25. The molecule has 0 aromatic rings. The van der Waals surface area contributed by atoms with Gasteiger partial charge in [-0.3, -0.25) is 0 Å². The van der Waals surface area contributed by atoms with Crippen LogP contribution >= 0.6 is 22.6 Å². The maximum Gasteiger partial charge on any atom is 0.0155 e. The van der Waals surface area contributed by atoms with Gasteiger partial charge in [0.15, 0.2) is 0 Å². The van der Waals surface area contributed by atoms with Crippen molar-refractivity contribution in [2.24, 2.45) is 5.41 Å². The van der Waals surface area contributed by atoms with Crippen LogP contribution in [0.4, 0.5) is 0 Å². The second-order valence-electron chi connectivity index (χ2n) is 3.95. The Morgan fingerprint density at radius 2 is 2.00 bits per heavy atom. The highest BCUT2D eigenvalue weighted by atomic mass is 33.1. The van der Waals surface area contributed by atoms with E-state index in [1.807, 2.05) is 0 Å². The average molecular weight is 204 g/mol. The molecule has 2 heterocycles. The maximum absolute atomic E-state index is 4.25. The van der Waals surface area contributed by atoms with Gasteiger partial charge in [-0.2, -0.15) is 0 Å². The molecule has 2 fully saturated rings. The van der Waals surface area contributed by atoms with E-state index in [1.54, 1.807) is 11.0 Å². The van der Waals surface area contributed by atoms with E-state index < -0.39 is 0 Å². The van der Waals surface area contributed by atoms with Crippen molar-refractivity contribution in [2.75, 3.05) is 26.2 Å². The highest BCUT2D eigenvalue weighted by Gasteiger charge is 2.38. The molecule has 0 aromatic heterocycles. The number of nitrogens with zero attached hydrogens (tertiary/aromatic N) is 1. The van der Waals surface area contributed by atoms with Crippen molar-refractivity contribution in [1.82, 2.24) is 9.62 Å². The molecule has 0 aromatic carbocycles. The van der Waals surface area contributed by atoms with Crippen LogP contribution in [0.15, 0.2) is 0 Å². The lowest BCUT2D eigenvalue weighted by molar-refractivity contribution is 0.221. The zero-order valence-corrected chi connectivity index (χ0v) is 8.96. The minimum Gasteiger partial charge on any atom is -0.317 e. The molecule has 0 bridgehead atoms. The van der Waals surface area contributed by atoms with Crippen LogP contribution in [0.2, 0.25) is 0 Å². The predicted molar refractivity (Wildman–Crippen MR) is 57.3 cm³/mol. The third-order valence-electron chi connectivity index (χ3n) is 3.18. The molecule has 2 saturated heterocycles. The van der Waals surface area contributed by atoms with Crippen LogP contribution in [0.5, 0.6) is 0 Å². The molecule has 2 rings (SSSR count). The molecule has 12 heavy (non-hydrogen) atoms. The Bertz CT molecular complexity index is 157. The lowest BCUT2D eigenvalue weighted by Crippen LogP contribution is -2.37. The molecule has 0 aliphatic carbocycles. The number of hydrogen-bond donors (Lipinski definition) is 2. The smallest absolute Gasteiger partial charge is 0.0155 e. The predicted octanol–water partition coefficient (Wildman–Crippen LogP) is 1.55. The number of rotatable bonds is 1. The van der Waals surface area contributed by atoms with Crippen LogP contribution in [0, 0.1) is 5.41 Å². The Morgan fingerprint density at radius 3 is 2.58 bits per heavy atom. The molecule has 1 N–H and O–H groups in total. The molecular weight excluding hydrogens is 188 g/mol. The van der Waals surface area contributed by atoms with E-state index in [1.165, 1.54) is 45.4 Å². The van der Waals surface area contributed by atoms with Crippen LogP contribution in [0.1, 0.15) is 19.3 Å². The van der Waals surface area contributed by atoms with E-state index in [0.717, 1.165) is 0 Å². The summed E-state index contributed by atoms with van der Waals surface area (Å²) in [4.78, 5) is 0. The first-order valence-electron chi connectivity index (χ1n) is 4.62. The fraction of sp³-hybridized carbons (Fsp3) is 1.00. The van der Waals surface area contributed by atoms with Crippen LogP contribution < -0.4 is 5.32 Å². The summed E-state index contributed by atoms with van der Waals surface area (Å²) in [5.74, 6) is 0. The topological polar surface area (TPSA) is 15.3 Å². The molecule has 0 amide bonds. The lowest BCUT2D eigenvalue weighted by Gasteiger charge is -2.33. The zero-order chi connectivity index (χ0) is 8.44. The minimum atomic E-state index is 0.640. The van der Waals surface area contributed by atoms with E-state index in [0.29, 0.717) is 5.41 Å². The third-order valence-corrected chi connectivity index (χ3v) is 4.42. The van der Waals surface area contributed by atoms with Crippen molar-refractivity contribution in [2.45, 2.75) is 19.3 Å². The van der Waals surface area contributed by atoms with Gasteiger partial charge in [-0.1, -0.05) is 11.7 Å². The summed E-state index contributed by atoms with van der Waals surface area (Å²) in [5.41, 5.74) is 0.640. The number of nitrogens with one attached hydrogen (secondary N) is 1. The van der Waals surface area contributed by atoms with Gasteiger partial charge in [-0.05, 0) is 48.7 Å².